The van der Waals surface area contributed by atoms with Gasteiger partial charge in [0.05, 0.1) is 28.9 Å². The highest BCUT2D eigenvalue weighted by Gasteiger charge is 2.48. The van der Waals surface area contributed by atoms with Crippen molar-refractivity contribution in [3.63, 3.8) is 0 Å². The van der Waals surface area contributed by atoms with Crippen LogP contribution in [-0.4, -0.2) is 11.6 Å². The summed E-state index contributed by atoms with van der Waals surface area (Å²) in [6, 6.07) is 36.3. The van der Waals surface area contributed by atoms with E-state index in [-0.39, 0.29) is 17.9 Å². The van der Waals surface area contributed by atoms with Gasteiger partial charge in [0, 0.05) is 62.0 Å². The zero-order valence-corrected chi connectivity index (χ0v) is 26.9. The number of benzene rings is 5. The molecule has 5 nitrogen and oxygen atoms in total. The molecule has 10 rings (SSSR count). The van der Waals surface area contributed by atoms with Crippen molar-refractivity contribution in [2.45, 2.75) is 30.3 Å². The summed E-state index contributed by atoms with van der Waals surface area (Å²) in [5.74, 6) is 0.253. The molecule has 4 unspecified atom stereocenters. The summed E-state index contributed by atoms with van der Waals surface area (Å²) in [4.78, 5) is 4.82. The number of hydrogen-bond donors (Lipinski definition) is 1. The number of nitrogens with two attached hydrogens (primary N) is 1. The van der Waals surface area contributed by atoms with E-state index in [2.05, 4.69) is 150 Å². The third-order valence-electron chi connectivity index (χ3n) is 11.0. The Kier molecular flexibility index (Phi) is 5.75. The molecular weight excluding hydrogens is 601 g/mol. The van der Waals surface area contributed by atoms with E-state index in [0.717, 1.165) is 61.5 Å². The zero-order chi connectivity index (χ0) is 32.9. The van der Waals surface area contributed by atoms with Crippen LogP contribution in [0.3, 0.4) is 0 Å². The highest BCUT2D eigenvalue weighted by molar-refractivity contribution is 6.13. The Balaban J connectivity index is 1.23. The maximum atomic E-state index is 10.6. The predicted molar refractivity (Wildman–Crippen MR) is 200 cm³/mol. The van der Waals surface area contributed by atoms with Gasteiger partial charge in [-0.3, -0.25) is 0 Å². The van der Waals surface area contributed by atoms with Gasteiger partial charge in [0.2, 0.25) is 0 Å². The Labute approximate surface area is 284 Å². The summed E-state index contributed by atoms with van der Waals surface area (Å²) >= 11 is 0. The van der Waals surface area contributed by atoms with E-state index in [1.807, 2.05) is 18.2 Å². The normalized spacial score (nSPS) is 22.7. The lowest BCUT2D eigenvalue weighted by Crippen LogP contribution is -2.42. The number of para-hydroxylation sites is 2. The molecule has 0 saturated carbocycles. The van der Waals surface area contributed by atoms with Crippen molar-refractivity contribution in [1.82, 2.24) is 0 Å². The minimum absolute atomic E-state index is 0.109. The summed E-state index contributed by atoms with van der Waals surface area (Å²) in [5, 5.41) is 12.7. The number of nitriles is 1. The average molecular weight is 633 g/mol. The number of furan rings is 1. The molecule has 2 aliphatic carbocycles. The molecule has 0 saturated heterocycles. The van der Waals surface area contributed by atoms with E-state index in [4.69, 9.17) is 10.2 Å². The number of allylic oxidation sites excluding steroid dienone is 4. The summed E-state index contributed by atoms with van der Waals surface area (Å²) in [7, 11) is 0. The molecule has 49 heavy (non-hydrogen) atoms. The van der Waals surface area contributed by atoms with Gasteiger partial charge in [-0.05, 0) is 67.1 Å². The monoisotopic (exact) mass is 632 g/mol. The highest BCUT2D eigenvalue weighted by atomic mass is 16.3. The second-order valence-electron chi connectivity index (χ2n) is 13.6. The Morgan fingerprint density at radius 2 is 1.55 bits per heavy atom. The van der Waals surface area contributed by atoms with Gasteiger partial charge in [-0.15, -0.1) is 0 Å². The molecule has 2 aliphatic heterocycles. The first-order valence-electron chi connectivity index (χ1n) is 16.8. The smallest absolute Gasteiger partial charge is 0.143 e. The molecule has 2 N–H and O–H groups in total. The van der Waals surface area contributed by atoms with Crippen LogP contribution in [0.25, 0.3) is 33.1 Å². The fourth-order valence-electron chi connectivity index (χ4n) is 8.90. The molecule has 1 aromatic heterocycles. The summed E-state index contributed by atoms with van der Waals surface area (Å²) in [5.41, 5.74) is 17.5. The molecule has 4 aliphatic rings. The van der Waals surface area contributed by atoms with E-state index in [1.165, 1.54) is 11.1 Å². The fourth-order valence-corrected chi connectivity index (χ4v) is 8.90. The molecule has 5 heteroatoms. The lowest BCUT2D eigenvalue weighted by Gasteiger charge is -2.40. The first-order valence-corrected chi connectivity index (χ1v) is 16.8. The van der Waals surface area contributed by atoms with Crippen LogP contribution in [0.4, 0.5) is 28.4 Å². The molecule has 5 aromatic carbocycles. The SMILES string of the molecule is CC12C=CC=CC1c1cc(N)ccc1N2c1cccc(C#N)c1-c1cccc2c1oc1c3c(ccc12)N(c1ccccc1)C1C=CC=CC31. The zero-order valence-electron chi connectivity index (χ0n) is 26.9. The van der Waals surface area contributed by atoms with Gasteiger partial charge in [0.15, 0.2) is 0 Å². The molecule has 6 aromatic rings. The van der Waals surface area contributed by atoms with E-state index < -0.39 is 5.54 Å². The minimum atomic E-state index is -0.396. The Morgan fingerprint density at radius 1 is 0.755 bits per heavy atom. The summed E-state index contributed by atoms with van der Waals surface area (Å²) < 4.78 is 7.09. The lowest BCUT2D eigenvalue weighted by atomic mass is 9.80. The quantitative estimate of drug-likeness (QED) is 0.197. The molecule has 0 spiro atoms. The van der Waals surface area contributed by atoms with Crippen molar-refractivity contribution in [2.75, 3.05) is 15.5 Å². The summed E-state index contributed by atoms with van der Waals surface area (Å²) in [6.45, 7) is 2.27. The molecule has 3 heterocycles. The van der Waals surface area contributed by atoms with Crippen molar-refractivity contribution in [2.24, 2.45) is 0 Å². The molecule has 0 fully saturated rings. The number of nitrogen functional groups attached to an aromatic ring is 1. The molecule has 4 atom stereocenters. The van der Waals surface area contributed by atoms with Crippen LogP contribution in [0.1, 0.15) is 35.4 Å². The molecule has 0 radical (unpaired) electrons. The van der Waals surface area contributed by atoms with Gasteiger partial charge < -0.3 is 20.0 Å². The predicted octanol–water partition coefficient (Wildman–Crippen LogP) is 10.6. The molecule has 234 valence electrons. The lowest BCUT2D eigenvalue weighted by molar-refractivity contribution is 0.542. The van der Waals surface area contributed by atoms with E-state index >= 15 is 0 Å². The second kappa shape index (κ2) is 10.1. The van der Waals surface area contributed by atoms with Gasteiger partial charge in [0.25, 0.3) is 0 Å². The standard InChI is InChI=1S/C44H32N4O/c1-44-24-8-7-17-35(44)34-25-28(46)20-22-37(34)48(44)39-19-9-11-27(26-45)40(39)33-16-10-15-30-31-21-23-38-41(43(31)49-42(30)33)32-14-5-6-18-36(32)47(38)29-12-3-2-4-13-29/h2-25,32,35-36H,46H2,1H3. The van der Waals surface area contributed by atoms with Crippen molar-refractivity contribution in [3.8, 4) is 17.2 Å². The number of fused-ring (bicyclic) bond motifs is 10. The third-order valence-corrected chi connectivity index (χ3v) is 11.0. The van der Waals surface area contributed by atoms with Crippen LogP contribution >= 0.6 is 0 Å². The second-order valence-corrected chi connectivity index (χ2v) is 13.6. The topological polar surface area (TPSA) is 69.4 Å². The Morgan fingerprint density at radius 3 is 2.43 bits per heavy atom. The number of nitrogens with zero attached hydrogens (tertiary/aromatic N) is 3. The van der Waals surface area contributed by atoms with Crippen molar-refractivity contribution >= 4 is 50.4 Å². The Hall–Kier alpha value is -6.25. The van der Waals surface area contributed by atoms with Crippen LogP contribution in [0.2, 0.25) is 0 Å². The van der Waals surface area contributed by atoms with Gasteiger partial charge in [-0.1, -0.05) is 91.1 Å². The number of hydrogen-bond acceptors (Lipinski definition) is 5. The minimum Gasteiger partial charge on any atom is -0.455 e. The first-order chi connectivity index (χ1) is 24.1. The third kappa shape index (κ3) is 3.74. The van der Waals surface area contributed by atoms with Crippen molar-refractivity contribution in [1.29, 1.82) is 5.26 Å². The number of rotatable bonds is 3. The van der Waals surface area contributed by atoms with Crippen LogP contribution in [-0.2, 0) is 0 Å². The molecule has 0 amide bonds. The number of anilines is 5. The summed E-state index contributed by atoms with van der Waals surface area (Å²) in [6.07, 6.45) is 17.6. The maximum absolute atomic E-state index is 10.6. The molecule has 0 bridgehead atoms. The van der Waals surface area contributed by atoms with Crippen LogP contribution in [0.5, 0.6) is 0 Å². The van der Waals surface area contributed by atoms with E-state index in [9.17, 15) is 5.26 Å². The van der Waals surface area contributed by atoms with Crippen molar-refractivity contribution in [3.05, 3.63) is 162 Å². The van der Waals surface area contributed by atoms with E-state index in [1.54, 1.807) is 0 Å². The van der Waals surface area contributed by atoms with Crippen LogP contribution < -0.4 is 15.5 Å². The molecular formula is C44H32N4O. The maximum Gasteiger partial charge on any atom is 0.143 e. The van der Waals surface area contributed by atoms with Gasteiger partial charge in [0.1, 0.15) is 11.2 Å². The van der Waals surface area contributed by atoms with Crippen LogP contribution in [0, 0.1) is 11.3 Å². The van der Waals surface area contributed by atoms with E-state index in [0.29, 0.717) is 5.56 Å². The highest BCUT2D eigenvalue weighted by Crippen LogP contribution is 2.57. The van der Waals surface area contributed by atoms with Crippen molar-refractivity contribution < 1.29 is 4.42 Å². The van der Waals surface area contributed by atoms with Crippen LogP contribution in [0.15, 0.2) is 150 Å². The Bertz CT molecular complexity index is 2530. The largest absolute Gasteiger partial charge is 0.455 e. The average Bonchev–Trinajstić information content (AvgIpc) is 3.77. The fraction of sp³-hybridized carbons (Fsp3) is 0.114. The first kappa shape index (κ1) is 27.8. The van der Waals surface area contributed by atoms with Gasteiger partial charge in [-0.2, -0.15) is 5.26 Å². The van der Waals surface area contributed by atoms with Gasteiger partial charge in [-0.25, -0.2) is 0 Å². The van der Waals surface area contributed by atoms with Gasteiger partial charge >= 0.3 is 0 Å².